The van der Waals surface area contributed by atoms with Crippen LogP contribution >= 0.6 is 11.8 Å². The molecule has 0 aliphatic heterocycles. The molecule has 0 bridgehead atoms. The zero-order chi connectivity index (χ0) is 18.5. The van der Waals surface area contributed by atoms with Crippen molar-refractivity contribution in [2.24, 2.45) is 0 Å². The largest absolute Gasteiger partial charge is 0.276 e. The number of rotatable bonds is 7. The van der Waals surface area contributed by atoms with Crippen molar-refractivity contribution in [3.63, 3.8) is 0 Å². The summed E-state index contributed by atoms with van der Waals surface area (Å²) in [5.41, 5.74) is 0.817. The first-order valence-corrected chi connectivity index (χ1v) is 8.37. The van der Waals surface area contributed by atoms with Crippen LogP contribution in [0.1, 0.15) is 11.1 Å². The Kier molecular flexibility index (Phi) is 5.17. The summed E-state index contributed by atoms with van der Waals surface area (Å²) in [7, 11) is 0. The highest BCUT2D eigenvalue weighted by atomic mass is 32.2. The molecule has 26 heavy (non-hydrogen) atoms. The van der Waals surface area contributed by atoms with Crippen molar-refractivity contribution >= 4 is 23.1 Å². The molecule has 11 heteroatoms. The molecule has 0 unspecified atom stereocenters. The fraction of sp³-hybridized carbons (Fsp3) is 0.133. The van der Waals surface area contributed by atoms with Gasteiger partial charge < -0.3 is 0 Å². The number of benzene rings is 2. The Hall–Kier alpha value is -3.34. The average molecular weight is 372 g/mol. The number of nitro groups is 2. The Balaban J connectivity index is 1.69. The fourth-order valence-corrected chi connectivity index (χ4v) is 2.91. The molecule has 0 saturated heterocycles. The van der Waals surface area contributed by atoms with Gasteiger partial charge in [-0.15, -0.1) is 10.2 Å². The Bertz CT molecular complexity index is 914. The SMILES string of the molecule is O=[N+]([O-])c1cc(CSc2nnn(Cc3ccccc3)n2)cc([N+](=O)[O-])c1. The van der Waals surface area contributed by atoms with E-state index in [9.17, 15) is 20.2 Å². The molecule has 0 aliphatic carbocycles. The summed E-state index contributed by atoms with van der Waals surface area (Å²) < 4.78 is 0. The third-order valence-electron chi connectivity index (χ3n) is 3.35. The van der Waals surface area contributed by atoms with Crippen LogP contribution in [0.4, 0.5) is 11.4 Å². The minimum Gasteiger partial charge on any atom is -0.258 e. The second-order valence-electron chi connectivity index (χ2n) is 5.25. The molecule has 0 N–H and O–H groups in total. The quantitative estimate of drug-likeness (QED) is 0.351. The lowest BCUT2D eigenvalue weighted by Crippen LogP contribution is -2.03. The summed E-state index contributed by atoms with van der Waals surface area (Å²) >= 11 is 1.19. The van der Waals surface area contributed by atoms with Crippen LogP contribution in [-0.4, -0.2) is 30.1 Å². The molecule has 0 aliphatic rings. The van der Waals surface area contributed by atoms with Crippen LogP contribution in [0.3, 0.4) is 0 Å². The predicted molar refractivity (Wildman–Crippen MR) is 92.7 cm³/mol. The van der Waals surface area contributed by atoms with Crippen molar-refractivity contribution in [1.82, 2.24) is 20.2 Å². The second-order valence-corrected chi connectivity index (χ2v) is 6.19. The van der Waals surface area contributed by atoms with Gasteiger partial charge in [-0.3, -0.25) is 20.2 Å². The first-order chi connectivity index (χ1) is 12.5. The maximum Gasteiger partial charge on any atom is 0.276 e. The molecule has 1 heterocycles. The van der Waals surface area contributed by atoms with Gasteiger partial charge in [-0.05, 0) is 16.3 Å². The lowest BCUT2D eigenvalue weighted by atomic mass is 10.2. The van der Waals surface area contributed by atoms with Crippen LogP contribution in [0.5, 0.6) is 0 Å². The Morgan fingerprint density at radius 2 is 1.62 bits per heavy atom. The van der Waals surface area contributed by atoms with E-state index in [4.69, 9.17) is 0 Å². The summed E-state index contributed by atoms with van der Waals surface area (Å²) in [4.78, 5) is 22.0. The highest BCUT2D eigenvalue weighted by Gasteiger charge is 2.17. The zero-order valence-corrected chi connectivity index (χ0v) is 14.1. The van der Waals surface area contributed by atoms with Gasteiger partial charge in [0.1, 0.15) is 0 Å². The van der Waals surface area contributed by atoms with Crippen molar-refractivity contribution in [2.75, 3.05) is 0 Å². The summed E-state index contributed by atoms with van der Waals surface area (Å²) in [6, 6.07) is 13.2. The molecule has 0 amide bonds. The lowest BCUT2D eigenvalue weighted by Gasteiger charge is -2.00. The molecule has 0 fully saturated rings. The van der Waals surface area contributed by atoms with E-state index < -0.39 is 9.85 Å². The van der Waals surface area contributed by atoms with E-state index in [0.29, 0.717) is 17.3 Å². The Morgan fingerprint density at radius 1 is 0.962 bits per heavy atom. The molecule has 3 aromatic rings. The lowest BCUT2D eigenvalue weighted by molar-refractivity contribution is -0.394. The Labute approximate surface area is 151 Å². The minimum atomic E-state index is -0.657. The van der Waals surface area contributed by atoms with E-state index in [2.05, 4.69) is 15.4 Å². The van der Waals surface area contributed by atoms with E-state index in [1.165, 1.54) is 28.7 Å². The fourth-order valence-electron chi connectivity index (χ4n) is 2.20. The van der Waals surface area contributed by atoms with E-state index in [0.717, 1.165) is 11.6 Å². The first-order valence-electron chi connectivity index (χ1n) is 7.38. The summed E-state index contributed by atoms with van der Waals surface area (Å²) in [5, 5.41) is 34.3. The van der Waals surface area contributed by atoms with Crippen molar-refractivity contribution in [2.45, 2.75) is 17.5 Å². The summed E-state index contributed by atoms with van der Waals surface area (Å²) in [5.74, 6) is 0.250. The van der Waals surface area contributed by atoms with Gasteiger partial charge in [0.05, 0.1) is 22.5 Å². The minimum absolute atomic E-state index is 0.250. The second kappa shape index (κ2) is 7.70. The third-order valence-corrected chi connectivity index (χ3v) is 4.25. The van der Waals surface area contributed by atoms with Crippen molar-refractivity contribution < 1.29 is 9.85 Å². The van der Waals surface area contributed by atoms with E-state index in [1.54, 1.807) is 0 Å². The van der Waals surface area contributed by atoms with Gasteiger partial charge in [-0.2, -0.15) is 4.80 Å². The van der Waals surface area contributed by atoms with Gasteiger partial charge in [0.15, 0.2) is 0 Å². The van der Waals surface area contributed by atoms with Crippen LogP contribution in [-0.2, 0) is 12.3 Å². The number of tetrazole rings is 1. The molecule has 2 aromatic carbocycles. The summed E-state index contributed by atoms with van der Waals surface area (Å²) in [6.45, 7) is 0.469. The Morgan fingerprint density at radius 3 is 2.23 bits per heavy atom. The van der Waals surface area contributed by atoms with Crippen molar-refractivity contribution in [1.29, 1.82) is 0 Å². The standard InChI is InChI=1S/C15H12N6O4S/c22-20(23)13-6-12(7-14(8-13)21(24)25)10-26-15-16-18-19(17-15)9-11-4-2-1-3-5-11/h1-8H,9-10H2. The van der Waals surface area contributed by atoms with Crippen LogP contribution in [0.2, 0.25) is 0 Å². The molecule has 3 rings (SSSR count). The van der Waals surface area contributed by atoms with E-state index >= 15 is 0 Å². The molecule has 1 aromatic heterocycles. The smallest absolute Gasteiger partial charge is 0.258 e. The zero-order valence-electron chi connectivity index (χ0n) is 13.3. The number of aromatic nitrogens is 4. The van der Waals surface area contributed by atoms with Crippen LogP contribution in [0, 0.1) is 20.2 Å². The number of nitro benzene ring substituents is 2. The van der Waals surface area contributed by atoms with Gasteiger partial charge in [0.2, 0.25) is 5.16 Å². The van der Waals surface area contributed by atoms with Gasteiger partial charge in [-0.25, -0.2) is 0 Å². The number of thioether (sulfide) groups is 1. The van der Waals surface area contributed by atoms with E-state index in [1.807, 2.05) is 30.3 Å². The number of non-ortho nitro benzene ring substituents is 2. The molecule has 0 radical (unpaired) electrons. The van der Waals surface area contributed by atoms with Gasteiger partial charge in [0, 0.05) is 17.9 Å². The van der Waals surface area contributed by atoms with Gasteiger partial charge in [-0.1, -0.05) is 42.1 Å². The number of hydrogen-bond donors (Lipinski definition) is 0. The highest BCUT2D eigenvalue weighted by Crippen LogP contribution is 2.26. The number of hydrogen-bond acceptors (Lipinski definition) is 8. The molecule has 10 nitrogen and oxygen atoms in total. The molecule has 0 atom stereocenters. The van der Waals surface area contributed by atoms with Gasteiger partial charge >= 0.3 is 0 Å². The van der Waals surface area contributed by atoms with Crippen LogP contribution < -0.4 is 0 Å². The molecular weight excluding hydrogens is 360 g/mol. The highest BCUT2D eigenvalue weighted by molar-refractivity contribution is 7.98. The van der Waals surface area contributed by atoms with Crippen LogP contribution in [0.25, 0.3) is 0 Å². The molecular formula is C15H12N6O4S. The average Bonchev–Trinajstić information content (AvgIpc) is 3.08. The monoisotopic (exact) mass is 372 g/mol. The predicted octanol–water partition coefficient (Wildman–Crippen LogP) is 2.83. The topological polar surface area (TPSA) is 130 Å². The van der Waals surface area contributed by atoms with Crippen molar-refractivity contribution in [3.05, 3.63) is 79.9 Å². The van der Waals surface area contributed by atoms with Gasteiger partial charge in [0.25, 0.3) is 11.4 Å². The summed E-state index contributed by atoms with van der Waals surface area (Å²) in [6.07, 6.45) is 0. The third kappa shape index (κ3) is 4.39. The normalized spacial score (nSPS) is 10.6. The van der Waals surface area contributed by atoms with E-state index in [-0.39, 0.29) is 17.1 Å². The number of nitrogens with zero attached hydrogens (tertiary/aromatic N) is 6. The van der Waals surface area contributed by atoms with Crippen molar-refractivity contribution in [3.8, 4) is 0 Å². The van der Waals surface area contributed by atoms with Crippen LogP contribution in [0.15, 0.2) is 53.7 Å². The first kappa shape index (κ1) is 17.5. The maximum atomic E-state index is 10.9. The molecule has 132 valence electrons. The molecule has 0 saturated carbocycles. The maximum absolute atomic E-state index is 10.9. The molecule has 0 spiro atoms.